The number of hydrogen-bond donors (Lipinski definition) is 2. The van der Waals surface area contributed by atoms with Crippen LogP contribution in [0.2, 0.25) is 0 Å². The first-order valence-electron chi connectivity index (χ1n) is 19.9. The number of rotatable bonds is 10. The van der Waals surface area contributed by atoms with Crippen LogP contribution in [-0.2, 0) is 16.6 Å². The zero-order chi connectivity index (χ0) is 40.0. The molecular weight excluding hydrogens is 735 g/mol. The number of para-hydroxylation sites is 1. The number of piperidine rings is 2. The highest BCUT2D eigenvalue weighted by atomic mass is 19.3. The fraction of sp³-hybridized carbons (Fsp3) is 0.476. The van der Waals surface area contributed by atoms with Crippen LogP contribution in [0.25, 0.3) is 16.7 Å². The van der Waals surface area contributed by atoms with Gasteiger partial charge in [-0.15, -0.1) is 0 Å². The molecule has 2 saturated heterocycles. The molecule has 4 aromatic heterocycles. The number of aryl methyl sites for hydroxylation is 1. The highest BCUT2D eigenvalue weighted by Crippen LogP contribution is 2.39. The van der Waals surface area contributed by atoms with E-state index in [4.69, 9.17) is 9.72 Å². The van der Waals surface area contributed by atoms with Crippen molar-refractivity contribution in [2.75, 3.05) is 25.0 Å². The number of amides is 3. The van der Waals surface area contributed by atoms with Crippen LogP contribution in [0, 0.1) is 5.92 Å². The van der Waals surface area contributed by atoms with Gasteiger partial charge in [0.1, 0.15) is 29.0 Å². The molecule has 57 heavy (non-hydrogen) atoms. The summed E-state index contributed by atoms with van der Waals surface area (Å²) < 4.78 is 37.5. The van der Waals surface area contributed by atoms with Crippen LogP contribution in [0.1, 0.15) is 117 Å². The molecule has 6 heterocycles. The van der Waals surface area contributed by atoms with Crippen LogP contribution < -0.4 is 21.1 Å². The number of pyridine rings is 2. The second-order valence-corrected chi connectivity index (χ2v) is 16.0. The van der Waals surface area contributed by atoms with E-state index < -0.39 is 30.0 Å². The number of benzene rings is 1. The lowest BCUT2D eigenvalue weighted by atomic mass is 9.80. The lowest BCUT2D eigenvalue weighted by Gasteiger charge is -2.36. The number of carbonyl (C=O) groups is 3. The molecule has 8 rings (SSSR count). The number of imidazole rings is 2. The van der Waals surface area contributed by atoms with Crippen molar-refractivity contribution in [1.82, 2.24) is 33.7 Å². The summed E-state index contributed by atoms with van der Waals surface area (Å²) in [5, 5.41) is 5.03. The first kappa shape index (κ1) is 38.4. The topological polar surface area (TPSA) is 145 Å². The van der Waals surface area contributed by atoms with E-state index >= 15 is 0 Å². The van der Waals surface area contributed by atoms with Crippen molar-refractivity contribution in [3.63, 3.8) is 0 Å². The standard InChI is InChI=1S/C42H48F2N8O5/c1-24(2)57-34-20-36-46-31(23-51(36)22-29(34)40(54)47-35-9-5-7-30(45-35)39(43)44)27-12-10-25(11-13-27)21-50-18-16-26(17-19-50)28-6-4-8-32-38(28)49(3)42(56)52(32)33-14-15-37(53)48-41(33)55/h4-9,20,22-27,33,39H,10-19,21H2,1-3H3,(H,45,47,54)(H,48,53,55)/t25-,27-,33?. The molecule has 13 nitrogen and oxygen atoms in total. The number of anilines is 1. The molecule has 3 aliphatic rings. The lowest BCUT2D eigenvalue weighted by Crippen LogP contribution is -2.44. The van der Waals surface area contributed by atoms with Gasteiger partial charge in [0, 0.05) is 44.4 Å². The molecule has 1 aliphatic carbocycles. The number of nitrogens with one attached hydrogen (secondary N) is 2. The average Bonchev–Trinajstić information content (AvgIpc) is 3.72. The molecule has 15 heteroatoms. The van der Waals surface area contributed by atoms with Crippen molar-refractivity contribution < 1.29 is 27.9 Å². The lowest BCUT2D eigenvalue weighted by molar-refractivity contribution is -0.135. The Balaban J connectivity index is 0.893. The van der Waals surface area contributed by atoms with Gasteiger partial charge in [-0.05, 0) is 107 Å². The smallest absolute Gasteiger partial charge is 0.329 e. The predicted molar refractivity (Wildman–Crippen MR) is 210 cm³/mol. The number of fused-ring (bicyclic) bond motifs is 2. The summed E-state index contributed by atoms with van der Waals surface area (Å²) in [5.41, 5.74) is 3.99. The van der Waals surface area contributed by atoms with Crippen molar-refractivity contribution in [1.29, 1.82) is 0 Å². The quantitative estimate of drug-likeness (QED) is 0.153. The maximum Gasteiger partial charge on any atom is 0.329 e. The summed E-state index contributed by atoms with van der Waals surface area (Å²) in [6.07, 6.45) is 7.39. The molecule has 0 bridgehead atoms. The average molecular weight is 783 g/mol. The number of hydrogen-bond acceptors (Lipinski definition) is 8. The summed E-state index contributed by atoms with van der Waals surface area (Å²) in [6, 6.07) is 11.2. The number of aromatic nitrogens is 5. The Morgan fingerprint density at radius 2 is 1.70 bits per heavy atom. The van der Waals surface area contributed by atoms with Gasteiger partial charge in [0.15, 0.2) is 0 Å². The second kappa shape index (κ2) is 15.8. The van der Waals surface area contributed by atoms with E-state index in [2.05, 4.69) is 26.6 Å². The minimum absolute atomic E-state index is 0.0332. The molecule has 1 aromatic carbocycles. The van der Waals surface area contributed by atoms with Crippen LogP contribution in [0.15, 0.2) is 59.7 Å². The first-order valence-corrected chi connectivity index (χ1v) is 19.9. The predicted octanol–water partition coefficient (Wildman–Crippen LogP) is 6.49. The largest absolute Gasteiger partial charge is 0.490 e. The highest BCUT2D eigenvalue weighted by Gasteiger charge is 2.33. The van der Waals surface area contributed by atoms with Crippen molar-refractivity contribution in [2.45, 2.75) is 95.6 Å². The van der Waals surface area contributed by atoms with Gasteiger partial charge in [-0.1, -0.05) is 18.2 Å². The SMILES string of the molecule is CC(C)Oc1cc2nc([C@H]3CC[C@H](CN4CCC(c5cccc6c5n(C)c(=O)n6C5CCC(=O)NC5=O)CC4)CC3)cn2cc1C(=O)Nc1cccc(C(F)F)n1. The number of halogens is 2. The van der Waals surface area contributed by atoms with Gasteiger partial charge in [0.05, 0.1) is 28.4 Å². The molecule has 1 atom stereocenters. The van der Waals surface area contributed by atoms with Gasteiger partial charge in [-0.25, -0.2) is 23.5 Å². The number of imide groups is 1. The molecular formula is C42H48F2N8O5. The molecule has 5 aromatic rings. The van der Waals surface area contributed by atoms with E-state index in [9.17, 15) is 28.0 Å². The van der Waals surface area contributed by atoms with Gasteiger partial charge in [-0.3, -0.25) is 28.8 Å². The van der Waals surface area contributed by atoms with E-state index in [-0.39, 0.29) is 35.5 Å². The molecule has 3 fully saturated rings. The minimum atomic E-state index is -2.75. The third kappa shape index (κ3) is 7.81. The Kier molecular flexibility index (Phi) is 10.7. The van der Waals surface area contributed by atoms with Crippen LogP contribution in [0.4, 0.5) is 14.6 Å². The molecule has 2 aliphatic heterocycles. The number of likely N-dealkylation sites (tertiary alicyclic amines) is 1. The number of nitrogens with zero attached hydrogens (tertiary/aromatic N) is 6. The zero-order valence-corrected chi connectivity index (χ0v) is 32.4. The Bertz CT molecular complexity index is 2390. The van der Waals surface area contributed by atoms with Crippen LogP contribution in [-0.4, -0.2) is 71.9 Å². The fourth-order valence-electron chi connectivity index (χ4n) is 9.04. The normalized spacial score (nSPS) is 21.1. The van der Waals surface area contributed by atoms with Gasteiger partial charge < -0.3 is 19.4 Å². The molecule has 1 unspecified atom stereocenters. The monoisotopic (exact) mass is 782 g/mol. The summed E-state index contributed by atoms with van der Waals surface area (Å²) in [7, 11) is 1.77. The maximum absolute atomic E-state index is 13.5. The van der Waals surface area contributed by atoms with Crippen LogP contribution in [0.5, 0.6) is 5.75 Å². The molecule has 3 amide bonds. The molecule has 1 saturated carbocycles. The van der Waals surface area contributed by atoms with Crippen molar-refractivity contribution in [3.8, 4) is 5.75 Å². The van der Waals surface area contributed by atoms with E-state index in [1.54, 1.807) is 28.4 Å². The van der Waals surface area contributed by atoms with Gasteiger partial charge in [0.25, 0.3) is 12.3 Å². The molecule has 2 N–H and O–H groups in total. The summed E-state index contributed by atoms with van der Waals surface area (Å²) in [5.74, 6) is 0.320. The zero-order valence-electron chi connectivity index (χ0n) is 32.4. The van der Waals surface area contributed by atoms with Crippen LogP contribution >= 0.6 is 0 Å². The minimum Gasteiger partial charge on any atom is -0.490 e. The number of carbonyl (C=O) groups excluding carboxylic acids is 3. The van der Waals surface area contributed by atoms with E-state index in [1.165, 1.54) is 18.2 Å². The number of ether oxygens (including phenoxy) is 1. The third-order valence-electron chi connectivity index (χ3n) is 11.9. The Labute approximate surface area is 328 Å². The van der Waals surface area contributed by atoms with Crippen molar-refractivity contribution >= 4 is 40.2 Å². The molecule has 0 radical (unpaired) electrons. The van der Waals surface area contributed by atoms with Crippen molar-refractivity contribution in [3.05, 3.63) is 87.9 Å². The Morgan fingerprint density at radius 3 is 2.42 bits per heavy atom. The van der Waals surface area contributed by atoms with Gasteiger partial charge in [0.2, 0.25) is 11.8 Å². The van der Waals surface area contributed by atoms with E-state index in [0.717, 1.165) is 80.4 Å². The van der Waals surface area contributed by atoms with Gasteiger partial charge in [-0.2, -0.15) is 0 Å². The summed E-state index contributed by atoms with van der Waals surface area (Å²) in [4.78, 5) is 62.8. The van der Waals surface area contributed by atoms with Gasteiger partial charge >= 0.3 is 5.69 Å². The second-order valence-electron chi connectivity index (χ2n) is 16.0. The molecule has 0 spiro atoms. The third-order valence-corrected chi connectivity index (χ3v) is 11.9. The Hall–Kier alpha value is -5.44. The van der Waals surface area contributed by atoms with E-state index in [1.807, 2.05) is 36.6 Å². The molecule has 300 valence electrons. The highest BCUT2D eigenvalue weighted by molar-refractivity contribution is 6.06. The van der Waals surface area contributed by atoms with Crippen molar-refractivity contribution in [2.24, 2.45) is 13.0 Å². The first-order chi connectivity index (χ1) is 27.4. The fourth-order valence-corrected chi connectivity index (χ4v) is 9.04. The summed E-state index contributed by atoms with van der Waals surface area (Å²) >= 11 is 0. The summed E-state index contributed by atoms with van der Waals surface area (Å²) in [6.45, 7) is 6.73. The Morgan fingerprint density at radius 1 is 0.947 bits per heavy atom. The number of alkyl halides is 2. The van der Waals surface area contributed by atoms with Crippen LogP contribution in [0.3, 0.4) is 0 Å². The maximum atomic E-state index is 13.5. The van der Waals surface area contributed by atoms with E-state index in [0.29, 0.717) is 35.6 Å².